The summed E-state index contributed by atoms with van der Waals surface area (Å²) >= 11 is 0. The van der Waals surface area contributed by atoms with E-state index in [1.165, 1.54) is 12.1 Å². The monoisotopic (exact) mass is 272 g/mol. The van der Waals surface area contributed by atoms with Gasteiger partial charge in [-0.05, 0) is 24.1 Å². The van der Waals surface area contributed by atoms with E-state index in [4.69, 9.17) is 5.73 Å². The largest absolute Gasteiger partial charge is 0.383 e. The molecule has 20 heavy (non-hydrogen) atoms. The van der Waals surface area contributed by atoms with E-state index < -0.39 is 0 Å². The number of rotatable bonds is 5. The number of nitrogens with two attached hydrogens (primary N) is 1. The third-order valence-electron chi connectivity index (χ3n) is 3.18. The van der Waals surface area contributed by atoms with Crippen LogP contribution in [0.3, 0.4) is 0 Å². The van der Waals surface area contributed by atoms with Gasteiger partial charge < -0.3 is 5.73 Å². The average molecular weight is 272 g/mol. The van der Waals surface area contributed by atoms with Crippen LogP contribution in [0.2, 0.25) is 0 Å². The topological polar surface area (TPSA) is 67.6 Å². The maximum atomic E-state index is 12.9. The number of halogens is 1. The molecule has 2 N–H and O–H groups in total. The van der Waals surface area contributed by atoms with Gasteiger partial charge in [0.15, 0.2) is 0 Å². The molecular weight excluding hydrogens is 255 g/mol. The number of hydrogen-bond acceptors (Lipinski definition) is 3. The molecule has 5 heteroatoms. The van der Waals surface area contributed by atoms with E-state index in [-0.39, 0.29) is 5.82 Å². The molecule has 0 amide bonds. The number of nitrogen functional groups attached to an aromatic ring is 1. The lowest BCUT2D eigenvalue weighted by atomic mass is 10.1. The normalized spacial score (nSPS) is 10.4. The number of nitriles is 1. The highest BCUT2D eigenvalue weighted by Gasteiger charge is 2.15. The molecule has 0 atom stereocenters. The van der Waals surface area contributed by atoms with Crippen molar-refractivity contribution in [1.82, 2.24) is 9.78 Å². The lowest BCUT2D eigenvalue weighted by molar-refractivity contribution is 0.573. The van der Waals surface area contributed by atoms with E-state index in [9.17, 15) is 9.65 Å². The van der Waals surface area contributed by atoms with Crippen LogP contribution in [-0.4, -0.2) is 9.78 Å². The van der Waals surface area contributed by atoms with Crippen molar-refractivity contribution in [1.29, 1.82) is 5.26 Å². The van der Waals surface area contributed by atoms with Gasteiger partial charge in [0.05, 0.1) is 5.69 Å². The van der Waals surface area contributed by atoms with Crippen LogP contribution in [0.5, 0.6) is 0 Å². The zero-order chi connectivity index (χ0) is 14.5. The van der Waals surface area contributed by atoms with Crippen molar-refractivity contribution in [2.75, 3.05) is 5.73 Å². The molecule has 2 rings (SSSR count). The Morgan fingerprint density at radius 1 is 1.35 bits per heavy atom. The van der Waals surface area contributed by atoms with Gasteiger partial charge in [0.2, 0.25) is 0 Å². The van der Waals surface area contributed by atoms with Gasteiger partial charge in [-0.2, -0.15) is 10.4 Å². The van der Waals surface area contributed by atoms with E-state index in [0.29, 0.717) is 30.0 Å². The molecule has 0 radical (unpaired) electrons. The first kappa shape index (κ1) is 14.1. The molecule has 0 saturated carbocycles. The van der Waals surface area contributed by atoms with E-state index in [0.717, 1.165) is 18.4 Å². The number of nitrogens with zero attached hydrogens (tertiary/aromatic N) is 3. The van der Waals surface area contributed by atoms with Crippen LogP contribution < -0.4 is 5.73 Å². The number of hydrogen-bond donors (Lipinski definition) is 1. The maximum Gasteiger partial charge on any atom is 0.140 e. The predicted octanol–water partition coefficient (Wildman–Crippen LogP) is 2.87. The standard InChI is InChI=1S/C15H17FN4/c1-2-3-8-20-15(18)13(10-17)14(19-20)9-11-4-6-12(16)7-5-11/h4-7H,2-3,8-9,18H2,1H3. The number of aromatic nitrogens is 2. The second-order valence-corrected chi connectivity index (χ2v) is 4.70. The lowest BCUT2D eigenvalue weighted by Crippen LogP contribution is -2.05. The van der Waals surface area contributed by atoms with Gasteiger partial charge in [0.25, 0.3) is 0 Å². The first-order valence-corrected chi connectivity index (χ1v) is 6.65. The van der Waals surface area contributed by atoms with Gasteiger partial charge in [0, 0.05) is 13.0 Å². The maximum absolute atomic E-state index is 12.9. The highest BCUT2D eigenvalue weighted by molar-refractivity contribution is 5.53. The SMILES string of the molecule is CCCCn1nc(Cc2ccc(F)cc2)c(C#N)c1N. The third kappa shape index (κ3) is 2.97. The van der Waals surface area contributed by atoms with Crippen LogP contribution in [-0.2, 0) is 13.0 Å². The van der Waals surface area contributed by atoms with Crippen molar-refractivity contribution in [3.8, 4) is 6.07 Å². The molecule has 0 aliphatic carbocycles. The fraction of sp³-hybridized carbons (Fsp3) is 0.333. The highest BCUT2D eigenvalue weighted by atomic mass is 19.1. The summed E-state index contributed by atoms with van der Waals surface area (Å²) in [5.41, 5.74) is 7.92. The Morgan fingerprint density at radius 3 is 2.65 bits per heavy atom. The first-order valence-electron chi connectivity index (χ1n) is 6.65. The third-order valence-corrected chi connectivity index (χ3v) is 3.18. The molecule has 0 aliphatic heterocycles. The van der Waals surface area contributed by atoms with Crippen molar-refractivity contribution < 1.29 is 4.39 Å². The molecule has 1 aromatic carbocycles. The minimum Gasteiger partial charge on any atom is -0.383 e. The molecule has 1 heterocycles. The lowest BCUT2D eigenvalue weighted by Gasteiger charge is -2.01. The zero-order valence-corrected chi connectivity index (χ0v) is 11.4. The van der Waals surface area contributed by atoms with Crippen LogP contribution in [0.4, 0.5) is 10.2 Å². The second-order valence-electron chi connectivity index (χ2n) is 4.70. The summed E-state index contributed by atoms with van der Waals surface area (Å²) in [5, 5.41) is 13.6. The van der Waals surface area contributed by atoms with E-state index >= 15 is 0 Å². The fourth-order valence-corrected chi connectivity index (χ4v) is 2.05. The molecule has 0 bridgehead atoms. The predicted molar refractivity (Wildman–Crippen MR) is 75.5 cm³/mol. The van der Waals surface area contributed by atoms with Crippen LogP contribution in [0.1, 0.15) is 36.6 Å². The van der Waals surface area contributed by atoms with E-state index in [1.54, 1.807) is 16.8 Å². The van der Waals surface area contributed by atoms with Crippen LogP contribution in [0, 0.1) is 17.1 Å². The van der Waals surface area contributed by atoms with Crippen LogP contribution in [0.25, 0.3) is 0 Å². The summed E-state index contributed by atoms with van der Waals surface area (Å²) in [4.78, 5) is 0. The number of anilines is 1. The Labute approximate surface area is 117 Å². The molecule has 0 spiro atoms. The number of benzene rings is 1. The second kappa shape index (κ2) is 6.20. The van der Waals surface area contributed by atoms with E-state index in [2.05, 4.69) is 18.1 Å². The minimum absolute atomic E-state index is 0.276. The van der Waals surface area contributed by atoms with Crippen molar-refractivity contribution in [2.24, 2.45) is 0 Å². The highest BCUT2D eigenvalue weighted by Crippen LogP contribution is 2.19. The van der Waals surface area contributed by atoms with Crippen molar-refractivity contribution in [3.05, 3.63) is 46.9 Å². The molecule has 0 unspecified atom stereocenters. The molecule has 4 nitrogen and oxygen atoms in total. The Balaban J connectivity index is 2.27. The fourth-order valence-electron chi connectivity index (χ4n) is 2.05. The quantitative estimate of drug-likeness (QED) is 0.910. The van der Waals surface area contributed by atoms with Gasteiger partial charge in [-0.3, -0.25) is 0 Å². The Bertz CT molecular complexity index is 623. The van der Waals surface area contributed by atoms with Gasteiger partial charge >= 0.3 is 0 Å². The molecular formula is C15H17FN4. The smallest absolute Gasteiger partial charge is 0.140 e. The first-order chi connectivity index (χ1) is 9.65. The van der Waals surface area contributed by atoms with Crippen LogP contribution in [0.15, 0.2) is 24.3 Å². The molecule has 0 saturated heterocycles. The number of unbranched alkanes of at least 4 members (excludes halogenated alkanes) is 1. The van der Waals surface area contributed by atoms with Gasteiger partial charge in [0.1, 0.15) is 23.3 Å². The molecule has 2 aromatic rings. The summed E-state index contributed by atoms with van der Waals surface area (Å²) in [5.74, 6) is 0.139. The Hall–Kier alpha value is -2.35. The van der Waals surface area contributed by atoms with Gasteiger partial charge in [-0.1, -0.05) is 25.5 Å². The summed E-state index contributed by atoms with van der Waals surface area (Å²) in [6.07, 6.45) is 2.48. The summed E-state index contributed by atoms with van der Waals surface area (Å²) in [6, 6.07) is 8.30. The zero-order valence-electron chi connectivity index (χ0n) is 11.4. The van der Waals surface area contributed by atoms with Crippen molar-refractivity contribution in [2.45, 2.75) is 32.7 Å². The summed E-state index contributed by atoms with van der Waals surface area (Å²) < 4.78 is 14.6. The Kier molecular flexibility index (Phi) is 4.36. The summed E-state index contributed by atoms with van der Waals surface area (Å²) in [6.45, 7) is 2.80. The molecule has 104 valence electrons. The molecule has 1 aromatic heterocycles. The summed E-state index contributed by atoms with van der Waals surface area (Å²) in [7, 11) is 0. The van der Waals surface area contributed by atoms with Gasteiger partial charge in [-0.25, -0.2) is 9.07 Å². The van der Waals surface area contributed by atoms with Gasteiger partial charge in [-0.15, -0.1) is 0 Å². The van der Waals surface area contributed by atoms with E-state index in [1.807, 2.05) is 0 Å². The molecule has 0 fully saturated rings. The molecule has 0 aliphatic rings. The average Bonchev–Trinajstić information content (AvgIpc) is 2.74. The van der Waals surface area contributed by atoms with Crippen LogP contribution >= 0.6 is 0 Å². The van der Waals surface area contributed by atoms with Crippen molar-refractivity contribution in [3.63, 3.8) is 0 Å². The Morgan fingerprint density at radius 2 is 2.05 bits per heavy atom. The van der Waals surface area contributed by atoms with Crippen molar-refractivity contribution >= 4 is 5.82 Å². The number of aryl methyl sites for hydroxylation is 1. The minimum atomic E-state index is -0.276.